The predicted molar refractivity (Wildman–Crippen MR) is 115 cm³/mol. The van der Waals surface area contributed by atoms with Gasteiger partial charge < -0.3 is 19.8 Å². The summed E-state index contributed by atoms with van der Waals surface area (Å²) in [4.78, 5) is 3.64. The molecule has 29 heavy (non-hydrogen) atoms. The van der Waals surface area contributed by atoms with Crippen LogP contribution in [0.2, 0.25) is 0 Å². The van der Waals surface area contributed by atoms with Crippen LogP contribution in [0, 0.1) is 5.92 Å². The molecule has 0 radical (unpaired) electrons. The zero-order chi connectivity index (χ0) is 19.2. The number of benzene rings is 2. The van der Waals surface area contributed by atoms with E-state index in [4.69, 9.17) is 9.47 Å². The number of rotatable bonds is 3. The summed E-state index contributed by atoms with van der Waals surface area (Å²) < 4.78 is 11.2. The normalized spacial score (nSPS) is 23.1. The van der Waals surface area contributed by atoms with Crippen LogP contribution in [0.3, 0.4) is 0 Å². The van der Waals surface area contributed by atoms with Gasteiger partial charge in [-0.15, -0.1) is 0 Å². The SMILES string of the molecule is C1=C(c2ccccc2)CC(CC2CCc3[nH]c4cc5c(cc4c3C2)OCO5)NC1. The lowest BCUT2D eigenvalue weighted by atomic mass is 9.80. The number of hydrogen-bond donors (Lipinski definition) is 2. The van der Waals surface area contributed by atoms with Gasteiger partial charge in [0.2, 0.25) is 6.79 Å². The molecule has 148 valence electrons. The van der Waals surface area contributed by atoms with Gasteiger partial charge in [-0.3, -0.25) is 0 Å². The first-order valence-corrected chi connectivity index (χ1v) is 10.7. The van der Waals surface area contributed by atoms with Crippen molar-refractivity contribution in [3.05, 3.63) is 65.4 Å². The Morgan fingerprint density at radius 2 is 1.86 bits per heavy atom. The minimum absolute atomic E-state index is 0.331. The summed E-state index contributed by atoms with van der Waals surface area (Å²) in [6.07, 6.45) is 8.26. The standard InChI is InChI=1S/C25H26N2O2/c1-2-4-17(5-3-1)18-8-9-26-19(12-18)10-16-6-7-22-20(11-16)21-13-24-25(29-15-28-24)14-23(21)27-22/h1-5,8,13-14,16,19,26-27H,6-7,9-12,15H2. The maximum Gasteiger partial charge on any atom is 0.231 e. The molecular formula is C25H26N2O2. The lowest BCUT2D eigenvalue weighted by Gasteiger charge is -2.30. The van der Waals surface area contributed by atoms with Gasteiger partial charge in [0.15, 0.2) is 11.5 Å². The minimum atomic E-state index is 0.331. The van der Waals surface area contributed by atoms with Gasteiger partial charge in [-0.2, -0.15) is 0 Å². The summed E-state index contributed by atoms with van der Waals surface area (Å²) >= 11 is 0. The topological polar surface area (TPSA) is 46.3 Å². The second-order valence-electron chi connectivity index (χ2n) is 8.58. The molecule has 2 aromatic carbocycles. The number of nitrogens with one attached hydrogen (secondary N) is 2. The highest BCUT2D eigenvalue weighted by Gasteiger charge is 2.27. The molecule has 0 spiro atoms. The van der Waals surface area contributed by atoms with Crippen LogP contribution in [0.25, 0.3) is 16.5 Å². The van der Waals surface area contributed by atoms with Gasteiger partial charge in [-0.1, -0.05) is 36.4 Å². The third kappa shape index (κ3) is 3.12. The average molecular weight is 386 g/mol. The van der Waals surface area contributed by atoms with E-state index in [1.54, 1.807) is 0 Å². The maximum atomic E-state index is 5.62. The smallest absolute Gasteiger partial charge is 0.231 e. The number of aromatic amines is 1. The molecule has 2 unspecified atom stereocenters. The molecule has 0 bridgehead atoms. The molecule has 3 aliphatic rings. The first kappa shape index (κ1) is 17.2. The fraction of sp³-hybridized carbons (Fsp3) is 0.360. The predicted octanol–water partition coefficient (Wildman–Crippen LogP) is 4.84. The van der Waals surface area contributed by atoms with Crippen LogP contribution >= 0.6 is 0 Å². The highest BCUT2D eigenvalue weighted by molar-refractivity contribution is 5.88. The molecule has 1 aromatic heterocycles. The summed E-state index contributed by atoms with van der Waals surface area (Å²) in [5.41, 5.74) is 6.94. The highest BCUT2D eigenvalue weighted by atomic mass is 16.7. The van der Waals surface area contributed by atoms with E-state index >= 15 is 0 Å². The Hall–Kier alpha value is -2.72. The van der Waals surface area contributed by atoms with Gasteiger partial charge in [0.05, 0.1) is 0 Å². The number of aromatic nitrogens is 1. The molecule has 0 saturated heterocycles. The zero-order valence-electron chi connectivity index (χ0n) is 16.5. The summed E-state index contributed by atoms with van der Waals surface area (Å²) in [5, 5.41) is 5.05. The number of hydrogen-bond acceptors (Lipinski definition) is 3. The van der Waals surface area contributed by atoms with Crippen molar-refractivity contribution >= 4 is 16.5 Å². The van der Waals surface area contributed by atoms with Crippen molar-refractivity contribution in [2.75, 3.05) is 13.3 Å². The van der Waals surface area contributed by atoms with Crippen LogP contribution in [0.5, 0.6) is 11.5 Å². The number of aryl methyl sites for hydroxylation is 1. The zero-order valence-corrected chi connectivity index (χ0v) is 16.5. The molecule has 2 aliphatic heterocycles. The van der Waals surface area contributed by atoms with Crippen LogP contribution in [0.1, 0.15) is 36.1 Å². The number of ether oxygens (including phenoxy) is 2. The monoisotopic (exact) mass is 386 g/mol. The molecule has 4 heteroatoms. The van der Waals surface area contributed by atoms with Gasteiger partial charge in [0.25, 0.3) is 0 Å². The molecule has 0 fully saturated rings. The second-order valence-corrected chi connectivity index (χ2v) is 8.58. The van der Waals surface area contributed by atoms with Gasteiger partial charge in [-0.25, -0.2) is 0 Å². The van der Waals surface area contributed by atoms with Crippen molar-refractivity contribution in [3.8, 4) is 11.5 Å². The lowest BCUT2D eigenvalue weighted by molar-refractivity contribution is 0.174. The van der Waals surface area contributed by atoms with Crippen molar-refractivity contribution in [2.24, 2.45) is 5.92 Å². The molecule has 2 atom stereocenters. The Labute approximate surface area is 170 Å². The molecule has 0 amide bonds. The van der Waals surface area contributed by atoms with Crippen LogP contribution in [0.4, 0.5) is 0 Å². The third-order valence-corrected chi connectivity index (χ3v) is 6.77. The van der Waals surface area contributed by atoms with E-state index in [1.807, 2.05) is 0 Å². The Morgan fingerprint density at radius 1 is 1.00 bits per heavy atom. The molecule has 0 saturated carbocycles. The van der Waals surface area contributed by atoms with E-state index in [1.165, 1.54) is 46.1 Å². The first-order chi connectivity index (χ1) is 14.3. The molecular weight excluding hydrogens is 360 g/mol. The van der Waals surface area contributed by atoms with Crippen molar-refractivity contribution in [1.82, 2.24) is 10.3 Å². The molecule has 3 heterocycles. The van der Waals surface area contributed by atoms with E-state index in [0.29, 0.717) is 12.8 Å². The fourth-order valence-corrected chi connectivity index (χ4v) is 5.31. The second kappa shape index (κ2) is 6.96. The summed E-state index contributed by atoms with van der Waals surface area (Å²) in [6, 6.07) is 15.7. The van der Waals surface area contributed by atoms with Crippen LogP contribution < -0.4 is 14.8 Å². The average Bonchev–Trinajstić information content (AvgIpc) is 3.36. The van der Waals surface area contributed by atoms with Crippen LogP contribution in [-0.4, -0.2) is 24.4 Å². The Morgan fingerprint density at radius 3 is 2.76 bits per heavy atom. The summed E-state index contributed by atoms with van der Waals surface area (Å²) in [7, 11) is 0. The molecule has 2 N–H and O–H groups in total. The van der Waals surface area contributed by atoms with Gasteiger partial charge >= 0.3 is 0 Å². The van der Waals surface area contributed by atoms with Gasteiger partial charge in [0.1, 0.15) is 0 Å². The van der Waals surface area contributed by atoms with E-state index in [2.05, 4.69) is 58.8 Å². The van der Waals surface area contributed by atoms with E-state index < -0.39 is 0 Å². The largest absolute Gasteiger partial charge is 0.454 e. The quantitative estimate of drug-likeness (QED) is 0.677. The van der Waals surface area contributed by atoms with Crippen LogP contribution in [0.15, 0.2) is 48.5 Å². The number of fused-ring (bicyclic) bond motifs is 4. The van der Waals surface area contributed by atoms with Crippen LogP contribution in [-0.2, 0) is 12.8 Å². The van der Waals surface area contributed by atoms with Crippen molar-refractivity contribution < 1.29 is 9.47 Å². The molecule has 3 aromatic rings. The first-order valence-electron chi connectivity index (χ1n) is 10.7. The van der Waals surface area contributed by atoms with E-state index in [-0.39, 0.29) is 0 Å². The summed E-state index contributed by atoms with van der Waals surface area (Å²) in [5.74, 6) is 2.46. The van der Waals surface area contributed by atoms with Gasteiger partial charge in [-0.05, 0) is 60.8 Å². The van der Waals surface area contributed by atoms with E-state index in [9.17, 15) is 0 Å². The Balaban J connectivity index is 1.20. The molecule has 1 aliphatic carbocycles. The minimum Gasteiger partial charge on any atom is -0.454 e. The lowest BCUT2D eigenvalue weighted by Crippen LogP contribution is -2.35. The molecule has 6 rings (SSSR count). The fourth-order valence-electron chi connectivity index (χ4n) is 5.31. The highest BCUT2D eigenvalue weighted by Crippen LogP contribution is 2.41. The van der Waals surface area contributed by atoms with Gasteiger partial charge in [0, 0.05) is 35.2 Å². The van der Waals surface area contributed by atoms with E-state index in [0.717, 1.165) is 43.2 Å². The third-order valence-electron chi connectivity index (χ3n) is 6.77. The molecule has 4 nitrogen and oxygen atoms in total. The van der Waals surface area contributed by atoms with Crippen molar-refractivity contribution in [3.63, 3.8) is 0 Å². The Kier molecular flexibility index (Phi) is 4.12. The summed E-state index contributed by atoms with van der Waals surface area (Å²) in [6.45, 7) is 1.31. The Bertz CT molecular complexity index is 1080. The number of H-pyrrole nitrogens is 1. The van der Waals surface area contributed by atoms with Crippen molar-refractivity contribution in [2.45, 2.75) is 38.1 Å². The van der Waals surface area contributed by atoms with Crippen molar-refractivity contribution in [1.29, 1.82) is 0 Å². The maximum absolute atomic E-state index is 5.62.